The number of primary amides is 1. The molecule has 3 aliphatic rings. The van der Waals surface area contributed by atoms with E-state index in [4.69, 9.17) is 22.1 Å². The van der Waals surface area contributed by atoms with Gasteiger partial charge in [0.1, 0.15) is 28.2 Å². The predicted octanol–water partition coefficient (Wildman–Crippen LogP) is -0.849. The number of benzene rings is 1. The monoisotopic (exact) mass is 479 g/mol. The second kappa shape index (κ2) is 7.28. The van der Waals surface area contributed by atoms with Crippen LogP contribution < -0.4 is 10.6 Å². The van der Waals surface area contributed by atoms with Crippen LogP contribution in [0.1, 0.15) is 35.7 Å². The summed E-state index contributed by atoms with van der Waals surface area (Å²) < 4.78 is 5.63. The number of amides is 1. The van der Waals surface area contributed by atoms with Crippen molar-refractivity contribution in [3.63, 3.8) is 0 Å². The Morgan fingerprint density at radius 2 is 1.88 bits per heavy atom. The third kappa shape index (κ3) is 2.94. The van der Waals surface area contributed by atoms with Gasteiger partial charge in [-0.3, -0.25) is 14.4 Å². The molecule has 1 aliphatic heterocycles. The van der Waals surface area contributed by atoms with Gasteiger partial charge in [-0.1, -0.05) is 11.6 Å². The highest BCUT2D eigenvalue weighted by Gasteiger charge is 2.66. The molecule has 1 aromatic rings. The Morgan fingerprint density at radius 1 is 1.24 bits per heavy atom. The molecule has 6 N–H and O–H groups in total. The summed E-state index contributed by atoms with van der Waals surface area (Å²) in [6.45, 7) is 1.55. The van der Waals surface area contributed by atoms with E-state index in [1.165, 1.54) is 12.1 Å². The van der Waals surface area contributed by atoms with Gasteiger partial charge in [-0.15, -0.1) is 0 Å². The fourth-order valence-corrected chi connectivity index (χ4v) is 5.98. The lowest BCUT2D eigenvalue weighted by Crippen LogP contribution is -3.13. The molecule has 0 aromatic heterocycles. The number of quaternary nitrogens is 1. The van der Waals surface area contributed by atoms with Gasteiger partial charge in [0, 0.05) is 22.9 Å². The van der Waals surface area contributed by atoms with Crippen molar-refractivity contribution < 1.29 is 44.1 Å². The number of carbonyl (C=O) groups excluding carboxylic acids is 4. The van der Waals surface area contributed by atoms with Crippen LogP contribution in [-0.4, -0.2) is 64.5 Å². The van der Waals surface area contributed by atoms with Crippen LogP contribution in [0, 0.1) is 11.8 Å². The van der Waals surface area contributed by atoms with Crippen LogP contribution in [0.25, 0.3) is 0 Å². The predicted molar refractivity (Wildman–Crippen MR) is 113 cm³/mol. The summed E-state index contributed by atoms with van der Waals surface area (Å²) in [5, 5.41) is 32.4. The van der Waals surface area contributed by atoms with Gasteiger partial charge in [0.15, 0.2) is 17.4 Å². The minimum absolute atomic E-state index is 0.0326. The molecule has 176 valence electrons. The minimum atomic E-state index is -2.50. The number of esters is 1. The Hall–Kier alpha value is -2.95. The third-order valence-corrected chi connectivity index (χ3v) is 7.56. The zero-order valence-corrected chi connectivity index (χ0v) is 18.9. The number of nitrogens with one attached hydrogen (secondary N) is 1. The molecule has 1 saturated carbocycles. The number of Topliss-reactive ketones (excluding diaryl/α,β-unsaturated/α-hetero) is 2. The average molecular weight is 480 g/mol. The van der Waals surface area contributed by atoms with Gasteiger partial charge in [0.05, 0.1) is 20.0 Å². The van der Waals surface area contributed by atoms with Gasteiger partial charge >= 0.3 is 5.97 Å². The Bertz CT molecular complexity index is 1160. The average Bonchev–Trinajstić information content (AvgIpc) is 2.99. The highest BCUT2D eigenvalue weighted by Crippen LogP contribution is 2.55. The van der Waals surface area contributed by atoms with Crippen molar-refractivity contribution in [2.75, 3.05) is 14.1 Å². The largest absolute Gasteiger partial charge is 0.508 e. The number of halogens is 1. The molecule has 1 amide bonds. The molecule has 10 nitrogen and oxygen atoms in total. The van der Waals surface area contributed by atoms with Crippen LogP contribution in [-0.2, 0) is 24.7 Å². The maximum Gasteiger partial charge on any atom is 0.343 e. The van der Waals surface area contributed by atoms with E-state index in [2.05, 4.69) is 0 Å². The van der Waals surface area contributed by atoms with Crippen LogP contribution >= 0.6 is 11.6 Å². The number of nitrogens with two attached hydrogens (primary N) is 1. The van der Waals surface area contributed by atoms with E-state index in [9.17, 15) is 34.5 Å². The van der Waals surface area contributed by atoms with Crippen molar-refractivity contribution in [2.45, 2.75) is 37.0 Å². The van der Waals surface area contributed by atoms with Crippen molar-refractivity contribution in [3.8, 4) is 5.75 Å². The molecular weight excluding hydrogens is 456 g/mol. The van der Waals surface area contributed by atoms with E-state index in [0.29, 0.717) is 4.90 Å². The van der Waals surface area contributed by atoms with E-state index in [1.54, 1.807) is 21.0 Å². The summed E-state index contributed by atoms with van der Waals surface area (Å²) >= 11 is 6.36. The van der Waals surface area contributed by atoms with E-state index in [0.717, 1.165) is 0 Å². The number of fused-ring (bicyclic) bond motifs is 2. The summed E-state index contributed by atoms with van der Waals surface area (Å²) in [6.07, 6.45) is -0.392. The second-order valence-corrected chi connectivity index (χ2v) is 9.66. The number of cyclic esters (lactones) is 1. The van der Waals surface area contributed by atoms with Gasteiger partial charge in [-0.2, -0.15) is 0 Å². The van der Waals surface area contributed by atoms with Gasteiger partial charge in [0.2, 0.25) is 5.78 Å². The van der Waals surface area contributed by atoms with Gasteiger partial charge < -0.3 is 30.7 Å². The Kier molecular flexibility index (Phi) is 5.12. The maximum atomic E-state index is 13.3. The van der Waals surface area contributed by atoms with Crippen LogP contribution in [0.2, 0.25) is 5.02 Å². The standard InChI is InChI=1S/C22H23ClN2O8/c1-21(15-10(23)4-5-11(26)13(15)20(31)33-21)8-6-9-16(25(2)3)17(28)14(19(24)30)18(29)22(9,32)12(27)7-8/h4-5,8-9,16,26,29,32H,6-7H2,1-3H3,(H2,24,30)/p+1/t8-,9-,16-,21-,22-/m0/s1. The Balaban J connectivity index is 1.87. The number of phenolic OH excluding ortho intramolecular Hbond substituents is 1. The van der Waals surface area contributed by atoms with Gasteiger partial charge in [0.25, 0.3) is 5.91 Å². The van der Waals surface area contributed by atoms with Crippen molar-refractivity contribution in [1.29, 1.82) is 0 Å². The molecule has 0 spiro atoms. The number of carbonyl (C=O) groups is 4. The summed E-state index contributed by atoms with van der Waals surface area (Å²) in [5.41, 5.74) is 0.653. The lowest BCUT2D eigenvalue weighted by atomic mass is 9.58. The van der Waals surface area contributed by atoms with Crippen LogP contribution in [0.4, 0.5) is 0 Å². The molecule has 0 radical (unpaired) electrons. The van der Waals surface area contributed by atoms with Crippen molar-refractivity contribution >= 4 is 35.0 Å². The number of hydrogen-bond acceptors (Lipinski definition) is 8. The Morgan fingerprint density at radius 3 is 2.45 bits per heavy atom. The summed E-state index contributed by atoms with van der Waals surface area (Å²) in [6, 6.07) is 1.58. The first kappa shape index (κ1) is 23.2. The number of likely N-dealkylation sites (N-methyl/N-ethyl adjacent to an activating group) is 1. The molecule has 4 rings (SSSR count). The highest BCUT2D eigenvalue weighted by atomic mass is 35.5. The number of hydrogen-bond donors (Lipinski definition) is 5. The molecule has 1 fully saturated rings. The summed E-state index contributed by atoms with van der Waals surface area (Å²) in [7, 11) is 3.22. The molecule has 0 saturated heterocycles. The van der Waals surface area contributed by atoms with Crippen LogP contribution in [0.5, 0.6) is 5.75 Å². The molecule has 33 heavy (non-hydrogen) atoms. The van der Waals surface area contributed by atoms with Crippen molar-refractivity contribution in [1.82, 2.24) is 0 Å². The second-order valence-electron chi connectivity index (χ2n) is 9.25. The topological polar surface area (TPSA) is 169 Å². The molecule has 0 bridgehead atoms. The molecule has 2 aliphatic carbocycles. The molecule has 5 atom stereocenters. The van der Waals surface area contributed by atoms with E-state index < -0.39 is 63.9 Å². The fourth-order valence-electron chi connectivity index (χ4n) is 5.64. The molecule has 11 heteroatoms. The first-order valence-electron chi connectivity index (χ1n) is 10.4. The SMILES string of the molecule is C[NH+](C)[C@@H]1C(=O)C(C(N)=O)=C(O)[C@@]2(O)C(=O)C[C@@H]([C@]3(C)OC(=O)c4c(O)ccc(Cl)c43)C[C@@H]12. The number of ether oxygens (including phenoxy) is 1. The number of rotatable bonds is 3. The molecule has 1 aromatic carbocycles. The molecule has 1 heterocycles. The van der Waals surface area contributed by atoms with Crippen molar-refractivity contribution in [3.05, 3.63) is 39.6 Å². The number of ketones is 2. The normalized spacial score (nSPS) is 33.8. The number of phenols is 1. The van der Waals surface area contributed by atoms with Gasteiger partial charge in [-0.25, -0.2) is 4.79 Å². The van der Waals surface area contributed by atoms with Crippen molar-refractivity contribution in [2.24, 2.45) is 17.6 Å². The zero-order valence-electron chi connectivity index (χ0n) is 18.1. The number of aliphatic hydroxyl groups excluding tert-OH is 1. The summed E-state index contributed by atoms with van der Waals surface area (Å²) in [5.74, 6) is -6.94. The van der Waals surface area contributed by atoms with E-state index in [-0.39, 0.29) is 34.7 Å². The van der Waals surface area contributed by atoms with Gasteiger partial charge in [-0.05, 0) is 25.5 Å². The smallest absolute Gasteiger partial charge is 0.343 e. The summed E-state index contributed by atoms with van der Waals surface area (Å²) in [4.78, 5) is 51.4. The first-order chi connectivity index (χ1) is 15.3. The first-order valence-corrected chi connectivity index (χ1v) is 10.7. The lowest BCUT2D eigenvalue weighted by Gasteiger charge is -2.49. The van der Waals surface area contributed by atoms with Crippen LogP contribution in [0.15, 0.2) is 23.5 Å². The highest BCUT2D eigenvalue weighted by molar-refractivity contribution is 6.32. The third-order valence-electron chi connectivity index (χ3n) is 7.25. The maximum absolute atomic E-state index is 13.3. The van der Waals surface area contributed by atoms with E-state index in [1.807, 2.05) is 0 Å². The number of aliphatic hydroxyl groups is 2. The fraction of sp³-hybridized carbons (Fsp3) is 0.455. The number of aromatic hydroxyl groups is 1. The molecule has 0 unspecified atom stereocenters. The Labute approximate surface area is 193 Å². The minimum Gasteiger partial charge on any atom is -0.508 e. The quantitative estimate of drug-likeness (QED) is 0.276. The lowest BCUT2D eigenvalue weighted by molar-refractivity contribution is -0.880. The molecular formula is C22H24ClN2O8+. The van der Waals surface area contributed by atoms with Crippen LogP contribution in [0.3, 0.4) is 0 Å². The zero-order chi connectivity index (χ0) is 24.6. The van der Waals surface area contributed by atoms with E-state index >= 15 is 0 Å².